The van der Waals surface area contributed by atoms with Gasteiger partial charge in [0.25, 0.3) is 0 Å². The lowest BCUT2D eigenvalue weighted by Gasteiger charge is -2.20. The molecule has 7 nitrogen and oxygen atoms in total. The first kappa shape index (κ1) is 21.6. The number of aromatic nitrogens is 4. The Labute approximate surface area is 191 Å². The summed E-state index contributed by atoms with van der Waals surface area (Å²) in [6.45, 7) is 2.56. The Hall–Kier alpha value is -3.65. The van der Waals surface area contributed by atoms with E-state index in [0.29, 0.717) is 17.5 Å². The van der Waals surface area contributed by atoms with E-state index in [4.69, 9.17) is 4.74 Å². The molecule has 0 saturated heterocycles. The molecule has 0 unspecified atom stereocenters. The second kappa shape index (κ2) is 10.1. The smallest absolute Gasteiger partial charge is 0.237 e. The number of anilines is 1. The first-order valence-electron chi connectivity index (χ1n) is 10.2. The van der Waals surface area contributed by atoms with Crippen molar-refractivity contribution >= 4 is 23.4 Å². The van der Waals surface area contributed by atoms with E-state index < -0.39 is 0 Å². The number of carbonyl (C=O) groups is 1. The van der Waals surface area contributed by atoms with Gasteiger partial charge in [0.15, 0.2) is 11.0 Å². The molecule has 8 heteroatoms. The highest BCUT2D eigenvalue weighted by Gasteiger charge is 2.20. The van der Waals surface area contributed by atoms with Gasteiger partial charge in [-0.25, -0.2) is 0 Å². The third-order valence-corrected chi connectivity index (χ3v) is 5.83. The molecule has 0 atom stereocenters. The quantitative estimate of drug-likeness (QED) is 0.372. The van der Waals surface area contributed by atoms with Crippen molar-refractivity contribution < 1.29 is 9.53 Å². The number of hydrogen-bond donors (Lipinski definition) is 0. The van der Waals surface area contributed by atoms with E-state index >= 15 is 0 Å². The zero-order chi connectivity index (χ0) is 22.3. The third-order valence-electron chi connectivity index (χ3n) is 4.91. The highest BCUT2D eigenvalue weighted by Crippen LogP contribution is 2.29. The zero-order valence-corrected chi connectivity index (χ0v) is 18.7. The minimum Gasteiger partial charge on any atom is -0.497 e. The molecule has 0 aliphatic heterocycles. The van der Waals surface area contributed by atoms with Gasteiger partial charge in [0.1, 0.15) is 5.75 Å². The van der Waals surface area contributed by atoms with Gasteiger partial charge in [0.05, 0.1) is 12.9 Å². The van der Waals surface area contributed by atoms with Crippen LogP contribution in [0.25, 0.3) is 17.1 Å². The molecule has 0 fully saturated rings. The fraction of sp³-hybridized carbons (Fsp3) is 0.167. The number of benzene rings is 2. The normalized spacial score (nSPS) is 10.7. The summed E-state index contributed by atoms with van der Waals surface area (Å²) in [5.41, 5.74) is 2.66. The number of para-hydroxylation sites is 1. The Bertz CT molecular complexity index is 1160. The Morgan fingerprint density at radius 2 is 1.72 bits per heavy atom. The standard InChI is InChI=1S/C24H23N5O2S/c1-3-28(19-7-5-4-6-8-19)22(30)17-32-24-27-26-23(18-13-15-25-16-14-18)29(24)20-9-11-21(31-2)12-10-20/h4-16H,3,17H2,1-2H3. The fourth-order valence-corrected chi connectivity index (χ4v) is 4.16. The topological polar surface area (TPSA) is 73.1 Å². The average Bonchev–Trinajstić information content (AvgIpc) is 3.28. The molecule has 0 aliphatic rings. The van der Waals surface area contributed by atoms with Crippen LogP contribution in [0.3, 0.4) is 0 Å². The number of pyridine rings is 1. The van der Waals surface area contributed by atoms with Crippen LogP contribution in [-0.2, 0) is 4.79 Å². The second-order valence-electron chi connectivity index (χ2n) is 6.84. The molecule has 4 rings (SSSR count). The molecule has 162 valence electrons. The number of nitrogens with zero attached hydrogens (tertiary/aromatic N) is 5. The first-order valence-corrected chi connectivity index (χ1v) is 11.2. The minimum atomic E-state index is 0.0124. The lowest BCUT2D eigenvalue weighted by molar-refractivity contribution is -0.116. The van der Waals surface area contributed by atoms with Crippen LogP contribution >= 0.6 is 11.8 Å². The van der Waals surface area contributed by atoms with E-state index in [2.05, 4.69) is 15.2 Å². The number of amides is 1. The van der Waals surface area contributed by atoms with E-state index in [9.17, 15) is 4.79 Å². The summed E-state index contributed by atoms with van der Waals surface area (Å²) in [4.78, 5) is 18.8. The van der Waals surface area contributed by atoms with Gasteiger partial charge in [-0.3, -0.25) is 14.3 Å². The van der Waals surface area contributed by atoms with Crippen molar-refractivity contribution in [2.45, 2.75) is 12.1 Å². The van der Waals surface area contributed by atoms with Gasteiger partial charge >= 0.3 is 0 Å². The lowest BCUT2D eigenvalue weighted by atomic mass is 10.2. The number of rotatable bonds is 8. The highest BCUT2D eigenvalue weighted by atomic mass is 32.2. The largest absolute Gasteiger partial charge is 0.497 e. The van der Waals surface area contributed by atoms with Crippen LogP contribution in [0.5, 0.6) is 5.75 Å². The van der Waals surface area contributed by atoms with E-state index in [-0.39, 0.29) is 11.7 Å². The molecule has 0 aliphatic carbocycles. The molecule has 2 aromatic heterocycles. The molecule has 32 heavy (non-hydrogen) atoms. The zero-order valence-electron chi connectivity index (χ0n) is 17.9. The van der Waals surface area contributed by atoms with Gasteiger partial charge in [-0.15, -0.1) is 10.2 Å². The van der Waals surface area contributed by atoms with Crippen LogP contribution < -0.4 is 9.64 Å². The van der Waals surface area contributed by atoms with Crippen molar-refractivity contribution in [1.82, 2.24) is 19.7 Å². The van der Waals surface area contributed by atoms with E-state index in [0.717, 1.165) is 22.7 Å². The summed E-state index contributed by atoms with van der Waals surface area (Å²) in [6.07, 6.45) is 3.44. The Balaban J connectivity index is 1.63. The number of methoxy groups -OCH3 is 1. The molecule has 0 N–H and O–H groups in total. The third kappa shape index (κ3) is 4.65. The molecule has 0 radical (unpaired) electrons. The van der Waals surface area contributed by atoms with E-state index in [1.165, 1.54) is 11.8 Å². The predicted octanol–water partition coefficient (Wildman–Crippen LogP) is 4.48. The summed E-state index contributed by atoms with van der Waals surface area (Å²) in [6, 6.07) is 21.1. The monoisotopic (exact) mass is 445 g/mol. The van der Waals surface area contributed by atoms with E-state index in [1.54, 1.807) is 24.4 Å². The molecular weight excluding hydrogens is 422 g/mol. The van der Waals surface area contributed by atoms with Gasteiger partial charge in [0.2, 0.25) is 5.91 Å². The Kier molecular flexibility index (Phi) is 6.81. The van der Waals surface area contributed by atoms with Crippen molar-refractivity contribution in [2.24, 2.45) is 0 Å². The van der Waals surface area contributed by atoms with Crippen LogP contribution in [0.15, 0.2) is 84.3 Å². The number of carbonyl (C=O) groups excluding carboxylic acids is 1. The van der Waals surface area contributed by atoms with Crippen LogP contribution in [0, 0.1) is 0 Å². The Morgan fingerprint density at radius 3 is 2.38 bits per heavy atom. The maximum Gasteiger partial charge on any atom is 0.237 e. The predicted molar refractivity (Wildman–Crippen MR) is 126 cm³/mol. The van der Waals surface area contributed by atoms with E-state index in [1.807, 2.05) is 78.2 Å². The van der Waals surface area contributed by atoms with Crippen molar-refractivity contribution in [3.63, 3.8) is 0 Å². The van der Waals surface area contributed by atoms with Gasteiger partial charge in [-0.1, -0.05) is 30.0 Å². The minimum absolute atomic E-state index is 0.0124. The van der Waals surface area contributed by atoms with Gasteiger partial charge < -0.3 is 9.64 Å². The first-order chi connectivity index (χ1) is 15.7. The maximum absolute atomic E-state index is 13.0. The van der Waals surface area contributed by atoms with Crippen molar-refractivity contribution in [2.75, 3.05) is 24.3 Å². The Morgan fingerprint density at radius 1 is 1.00 bits per heavy atom. The van der Waals surface area contributed by atoms with Crippen LogP contribution in [0.4, 0.5) is 5.69 Å². The molecule has 0 spiro atoms. The summed E-state index contributed by atoms with van der Waals surface area (Å²) in [7, 11) is 1.63. The summed E-state index contributed by atoms with van der Waals surface area (Å²) < 4.78 is 7.24. The van der Waals surface area contributed by atoms with Crippen molar-refractivity contribution in [1.29, 1.82) is 0 Å². The summed E-state index contributed by atoms with van der Waals surface area (Å²) >= 11 is 1.37. The van der Waals surface area contributed by atoms with Gasteiger partial charge in [0, 0.05) is 35.9 Å². The number of thioether (sulfide) groups is 1. The van der Waals surface area contributed by atoms with Crippen LogP contribution in [0.2, 0.25) is 0 Å². The second-order valence-corrected chi connectivity index (χ2v) is 7.78. The molecule has 0 bridgehead atoms. The SMILES string of the molecule is CCN(C(=O)CSc1nnc(-c2ccncc2)n1-c1ccc(OC)cc1)c1ccccc1. The van der Waals surface area contributed by atoms with Gasteiger partial charge in [-0.05, 0) is 55.5 Å². The molecular formula is C24H23N5O2S. The lowest BCUT2D eigenvalue weighted by Crippen LogP contribution is -2.32. The van der Waals surface area contributed by atoms with Gasteiger partial charge in [-0.2, -0.15) is 0 Å². The number of ether oxygens (including phenoxy) is 1. The average molecular weight is 446 g/mol. The van der Waals surface area contributed by atoms with Crippen LogP contribution in [-0.4, -0.2) is 45.1 Å². The van der Waals surface area contributed by atoms with Crippen molar-refractivity contribution in [3.05, 3.63) is 79.1 Å². The molecule has 4 aromatic rings. The molecule has 0 saturated carbocycles. The summed E-state index contributed by atoms with van der Waals surface area (Å²) in [5.74, 6) is 1.70. The molecule has 2 heterocycles. The summed E-state index contributed by atoms with van der Waals surface area (Å²) in [5, 5.41) is 9.45. The maximum atomic E-state index is 13.0. The molecule has 2 aromatic carbocycles. The van der Waals surface area contributed by atoms with Crippen molar-refractivity contribution in [3.8, 4) is 22.8 Å². The fourth-order valence-electron chi connectivity index (χ4n) is 3.33. The van der Waals surface area contributed by atoms with Crippen LogP contribution in [0.1, 0.15) is 6.92 Å². The highest BCUT2D eigenvalue weighted by molar-refractivity contribution is 7.99. The molecule has 1 amide bonds. The number of hydrogen-bond acceptors (Lipinski definition) is 6.